The van der Waals surface area contributed by atoms with Crippen molar-refractivity contribution < 1.29 is 24.2 Å². The van der Waals surface area contributed by atoms with Gasteiger partial charge in [-0.2, -0.15) is 0 Å². The van der Waals surface area contributed by atoms with Crippen LogP contribution in [0.25, 0.3) is 10.6 Å². The molecule has 1 atom stereocenters. The molecule has 1 aliphatic rings. The highest BCUT2D eigenvalue weighted by Gasteiger charge is 2.27. The number of carboxylic acid groups (broad SMARTS) is 1. The lowest BCUT2D eigenvalue weighted by atomic mass is 10.2. The van der Waals surface area contributed by atoms with E-state index in [4.69, 9.17) is 14.6 Å². The maximum Gasteiger partial charge on any atom is 0.407 e. The standard InChI is InChI=1S/C20H25N3O5S/c1-20(2,3)28-18(24)22-11-16-10-21-17(29-16)13-4-6-14(7-5-13)27-15-8-9-23(12-15)19(25)26/h4-7,10,15H,8-9,11-12H2,1-3H3,(H,22,24)(H,25,26)/t15-/m1/s1. The minimum absolute atomic E-state index is 0.123. The summed E-state index contributed by atoms with van der Waals surface area (Å²) in [7, 11) is 0. The van der Waals surface area contributed by atoms with E-state index in [0.717, 1.165) is 15.4 Å². The fraction of sp³-hybridized carbons (Fsp3) is 0.450. The average Bonchev–Trinajstić information content (AvgIpc) is 3.29. The van der Waals surface area contributed by atoms with Gasteiger partial charge in [0, 0.05) is 29.6 Å². The Kier molecular flexibility index (Phi) is 6.26. The third-order valence-electron chi connectivity index (χ3n) is 4.18. The Labute approximate surface area is 173 Å². The Morgan fingerprint density at radius 3 is 2.66 bits per heavy atom. The van der Waals surface area contributed by atoms with E-state index in [9.17, 15) is 9.59 Å². The lowest BCUT2D eigenvalue weighted by Crippen LogP contribution is -2.31. The second-order valence-electron chi connectivity index (χ2n) is 7.77. The molecule has 3 rings (SSSR count). The minimum atomic E-state index is -0.910. The second-order valence-corrected chi connectivity index (χ2v) is 8.88. The molecule has 1 aromatic heterocycles. The first-order valence-corrected chi connectivity index (χ1v) is 10.2. The van der Waals surface area contributed by atoms with Gasteiger partial charge in [-0.1, -0.05) is 0 Å². The van der Waals surface area contributed by atoms with E-state index in [1.54, 1.807) is 6.20 Å². The summed E-state index contributed by atoms with van der Waals surface area (Å²) in [5.74, 6) is 0.703. The van der Waals surface area contributed by atoms with Crippen LogP contribution in [0, 0.1) is 0 Å². The Balaban J connectivity index is 1.53. The van der Waals surface area contributed by atoms with E-state index in [-0.39, 0.29) is 6.10 Å². The highest BCUT2D eigenvalue weighted by atomic mass is 32.1. The summed E-state index contributed by atoms with van der Waals surface area (Å²) in [6.07, 6.45) is 0.937. The summed E-state index contributed by atoms with van der Waals surface area (Å²) < 4.78 is 11.1. The summed E-state index contributed by atoms with van der Waals surface area (Å²) in [5.41, 5.74) is 0.418. The van der Waals surface area contributed by atoms with Crippen molar-refractivity contribution in [2.45, 2.75) is 45.4 Å². The Morgan fingerprint density at radius 1 is 1.31 bits per heavy atom. The van der Waals surface area contributed by atoms with Crippen LogP contribution in [0.2, 0.25) is 0 Å². The van der Waals surface area contributed by atoms with Crippen LogP contribution < -0.4 is 10.1 Å². The molecule has 0 spiro atoms. The summed E-state index contributed by atoms with van der Waals surface area (Å²) in [6.45, 7) is 6.70. The van der Waals surface area contributed by atoms with Crippen molar-refractivity contribution >= 4 is 23.5 Å². The number of ether oxygens (including phenoxy) is 2. The predicted molar refractivity (Wildman–Crippen MR) is 109 cm³/mol. The van der Waals surface area contributed by atoms with Crippen molar-refractivity contribution in [3.05, 3.63) is 35.3 Å². The zero-order valence-electron chi connectivity index (χ0n) is 16.7. The van der Waals surface area contributed by atoms with E-state index in [0.29, 0.717) is 31.8 Å². The first kappa shape index (κ1) is 20.9. The monoisotopic (exact) mass is 419 g/mol. The number of benzene rings is 1. The van der Waals surface area contributed by atoms with Crippen molar-refractivity contribution in [3.63, 3.8) is 0 Å². The molecule has 2 aromatic rings. The molecule has 1 aliphatic heterocycles. The predicted octanol–water partition coefficient (Wildman–Crippen LogP) is 3.97. The molecule has 1 fully saturated rings. The lowest BCUT2D eigenvalue weighted by Gasteiger charge is -2.19. The molecule has 2 N–H and O–H groups in total. The quantitative estimate of drug-likeness (QED) is 0.761. The van der Waals surface area contributed by atoms with Crippen LogP contribution >= 0.6 is 11.3 Å². The van der Waals surface area contributed by atoms with E-state index < -0.39 is 17.8 Å². The molecule has 0 saturated carbocycles. The Bertz CT molecular complexity index is 860. The number of hydrogen-bond acceptors (Lipinski definition) is 6. The smallest absolute Gasteiger partial charge is 0.407 e. The van der Waals surface area contributed by atoms with Gasteiger partial charge in [-0.3, -0.25) is 0 Å². The van der Waals surface area contributed by atoms with Crippen molar-refractivity contribution in [1.29, 1.82) is 0 Å². The van der Waals surface area contributed by atoms with Gasteiger partial charge < -0.3 is 24.8 Å². The van der Waals surface area contributed by atoms with Crippen LogP contribution in [0.4, 0.5) is 9.59 Å². The number of alkyl carbamates (subject to hydrolysis) is 1. The Morgan fingerprint density at radius 2 is 2.03 bits per heavy atom. The van der Waals surface area contributed by atoms with Gasteiger partial charge in [-0.05, 0) is 45.0 Å². The number of aromatic nitrogens is 1. The molecular weight excluding hydrogens is 394 g/mol. The fourth-order valence-electron chi connectivity index (χ4n) is 2.86. The number of amides is 2. The zero-order valence-corrected chi connectivity index (χ0v) is 17.5. The maximum absolute atomic E-state index is 11.7. The SMILES string of the molecule is CC(C)(C)OC(=O)NCc1cnc(-c2ccc(O[C@@H]3CCN(C(=O)O)C3)cc2)s1. The van der Waals surface area contributed by atoms with Crippen LogP contribution in [0.15, 0.2) is 30.5 Å². The van der Waals surface area contributed by atoms with Crippen LogP contribution in [0.5, 0.6) is 5.75 Å². The zero-order chi connectivity index (χ0) is 21.0. The molecule has 0 bridgehead atoms. The number of nitrogens with zero attached hydrogens (tertiary/aromatic N) is 2. The molecule has 1 saturated heterocycles. The first-order chi connectivity index (χ1) is 13.7. The van der Waals surface area contributed by atoms with Gasteiger partial charge in [0.15, 0.2) is 0 Å². The molecule has 1 aromatic carbocycles. The lowest BCUT2D eigenvalue weighted by molar-refractivity contribution is 0.0524. The van der Waals surface area contributed by atoms with Crippen molar-refractivity contribution in [2.24, 2.45) is 0 Å². The largest absolute Gasteiger partial charge is 0.489 e. The van der Waals surface area contributed by atoms with Gasteiger partial charge in [0.2, 0.25) is 0 Å². The van der Waals surface area contributed by atoms with Gasteiger partial charge in [0.1, 0.15) is 22.5 Å². The molecule has 8 nitrogen and oxygen atoms in total. The summed E-state index contributed by atoms with van der Waals surface area (Å²) in [4.78, 5) is 29.4. The van der Waals surface area contributed by atoms with Gasteiger partial charge >= 0.3 is 12.2 Å². The number of likely N-dealkylation sites (tertiary alicyclic amines) is 1. The number of carbonyl (C=O) groups excluding carboxylic acids is 1. The fourth-order valence-corrected chi connectivity index (χ4v) is 3.72. The topological polar surface area (TPSA) is 101 Å². The normalized spacial score (nSPS) is 16.5. The number of thiazole rings is 1. The number of nitrogens with one attached hydrogen (secondary N) is 1. The molecule has 156 valence electrons. The van der Waals surface area contributed by atoms with Crippen molar-refractivity contribution in [3.8, 4) is 16.3 Å². The van der Waals surface area contributed by atoms with Crippen LogP contribution in [0.1, 0.15) is 32.1 Å². The summed E-state index contributed by atoms with van der Waals surface area (Å²) in [6, 6.07) is 7.56. The number of hydrogen-bond donors (Lipinski definition) is 2. The molecule has 0 unspecified atom stereocenters. The Hall–Kier alpha value is -2.81. The van der Waals surface area contributed by atoms with Gasteiger partial charge in [0.25, 0.3) is 0 Å². The third kappa shape index (κ3) is 6.08. The van der Waals surface area contributed by atoms with Crippen molar-refractivity contribution in [2.75, 3.05) is 13.1 Å². The molecule has 9 heteroatoms. The maximum atomic E-state index is 11.7. The molecule has 0 aliphatic carbocycles. The van der Waals surface area contributed by atoms with Crippen LogP contribution in [-0.2, 0) is 11.3 Å². The molecule has 29 heavy (non-hydrogen) atoms. The number of carbonyl (C=O) groups is 2. The highest BCUT2D eigenvalue weighted by Crippen LogP contribution is 2.28. The van der Waals surface area contributed by atoms with E-state index in [2.05, 4.69) is 10.3 Å². The van der Waals surface area contributed by atoms with E-state index in [1.165, 1.54) is 16.2 Å². The van der Waals surface area contributed by atoms with Gasteiger partial charge in [-0.25, -0.2) is 14.6 Å². The molecule has 2 heterocycles. The summed E-state index contributed by atoms with van der Waals surface area (Å²) >= 11 is 1.49. The summed E-state index contributed by atoms with van der Waals surface area (Å²) in [5, 5.41) is 12.6. The third-order valence-corrected chi connectivity index (χ3v) is 5.23. The van der Waals surface area contributed by atoms with E-state index >= 15 is 0 Å². The van der Waals surface area contributed by atoms with Crippen LogP contribution in [0.3, 0.4) is 0 Å². The van der Waals surface area contributed by atoms with E-state index in [1.807, 2.05) is 45.0 Å². The second kappa shape index (κ2) is 8.69. The van der Waals surface area contributed by atoms with Gasteiger partial charge in [0.05, 0.1) is 13.1 Å². The number of rotatable bonds is 5. The molecule has 0 radical (unpaired) electrons. The first-order valence-electron chi connectivity index (χ1n) is 9.36. The molecule has 2 amide bonds. The minimum Gasteiger partial charge on any atom is -0.489 e. The van der Waals surface area contributed by atoms with Crippen LogP contribution in [-0.4, -0.2) is 52.0 Å². The molecular formula is C20H25N3O5S. The average molecular weight is 420 g/mol. The van der Waals surface area contributed by atoms with Gasteiger partial charge in [-0.15, -0.1) is 11.3 Å². The highest BCUT2D eigenvalue weighted by molar-refractivity contribution is 7.15. The van der Waals surface area contributed by atoms with Crippen molar-refractivity contribution in [1.82, 2.24) is 15.2 Å².